The molecule has 0 spiro atoms. The molecule has 0 saturated carbocycles. The van der Waals surface area contributed by atoms with Crippen LogP contribution >= 0.6 is 11.3 Å². The first-order chi connectivity index (χ1) is 12.0. The summed E-state index contributed by atoms with van der Waals surface area (Å²) in [6.45, 7) is 2.59. The molecule has 0 bridgehead atoms. The molecule has 2 atom stereocenters. The topological polar surface area (TPSA) is 123 Å². The second kappa shape index (κ2) is 5.74. The Kier molecular flexibility index (Phi) is 3.65. The molecule has 0 aliphatic carbocycles. The average molecular weight is 359 g/mol. The van der Waals surface area contributed by atoms with Crippen molar-refractivity contribution in [2.45, 2.75) is 25.0 Å². The van der Waals surface area contributed by atoms with Crippen LogP contribution in [0.3, 0.4) is 0 Å². The summed E-state index contributed by atoms with van der Waals surface area (Å²) in [5, 5.41) is 10.9. The summed E-state index contributed by atoms with van der Waals surface area (Å²) >= 11 is 1.31. The molecule has 0 radical (unpaired) electrons. The molecule has 0 unspecified atom stereocenters. The number of anilines is 1. The lowest BCUT2D eigenvalue weighted by Gasteiger charge is -2.43. The fourth-order valence-electron chi connectivity index (χ4n) is 3.17. The molecule has 3 aromatic heterocycles. The van der Waals surface area contributed by atoms with Crippen LogP contribution in [0, 0.1) is 0 Å². The second-order valence-corrected chi connectivity index (χ2v) is 7.21. The Labute approximate surface area is 147 Å². The molecule has 4 heterocycles. The molecule has 3 aromatic rings. The van der Waals surface area contributed by atoms with Crippen LogP contribution in [0.5, 0.6) is 0 Å². The smallest absolute Gasteiger partial charge is 0.265 e. The first-order valence-electron chi connectivity index (χ1n) is 7.80. The minimum atomic E-state index is -1.00. The molecule has 1 saturated heterocycles. The van der Waals surface area contributed by atoms with Gasteiger partial charge in [-0.05, 0) is 13.3 Å². The van der Waals surface area contributed by atoms with Crippen LogP contribution in [0.4, 0.5) is 5.82 Å². The molecule has 0 aromatic carbocycles. The third-order valence-electron chi connectivity index (χ3n) is 4.65. The van der Waals surface area contributed by atoms with Crippen molar-refractivity contribution < 1.29 is 9.90 Å². The highest BCUT2D eigenvalue weighted by atomic mass is 32.1. The maximum absolute atomic E-state index is 12.6. The van der Waals surface area contributed by atoms with E-state index in [1.807, 2.05) is 0 Å². The van der Waals surface area contributed by atoms with E-state index in [-0.39, 0.29) is 11.7 Å². The van der Waals surface area contributed by atoms with Gasteiger partial charge < -0.3 is 20.3 Å². The van der Waals surface area contributed by atoms with Crippen molar-refractivity contribution in [1.82, 2.24) is 29.4 Å². The quantitative estimate of drug-likeness (QED) is 0.690. The SMILES string of the molecule is C[C@@]1(O)CCN(C(=O)c2cncs2)C[C@H]1n1cnc2c(N)ncnc21. The van der Waals surface area contributed by atoms with Gasteiger partial charge in [-0.15, -0.1) is 11.3 Å². The first-order valence-corrected chi connectivity index (χ1v) is 8.68. The lowest BCUT2D eigenvalue weighted by molar-refractivity contribution is -0.0432. The van der Waals surface area contributed by atoms with E-state index in [4.69, 9.17) is 5.73 Å². The Hall–Kier alpha value is -2.59. The summed E-state index contributed by atoms with van der Waals surface area (Å²) in [7, 11) is 0. The number of nitrogens with zero attached hydrogens (tertiary/aromatic N) is 6. The summed E-state index contributed by atoms with van der Waals surface area (Å²) < 4.78 is 1.78. The van der Waals surface area contributed by atoms with Crippen molar-refractivity contribution in [3.63, 3.8) is 0 Å². The normalized spacial score (nSPS) is 23.9. The fraction of sp³-hybridized carbons (Fsp3) is 0.400. The number of hydrogen-bond donors (Lipinski definition) is 2. The zero-order valence-electron chi connectivity index (χ0n) is 13.5. The van der Waals surface area contributed by atoms with Gasteiger partial charge in [0.05, 0.1) is 29.7 Å². The van der Waals surface area contributed by atoms with Gasteiger partial charge in [-0.3, -0.25) is 9.78 Å². The van der Waals surface area contributed by atoms with Crippen LogP contribution in [-0.2, 0) is 0 Å². The Morgan fingerprint density at radius 3 is 3.04 bits per heavy atom. The maximum Gasteiger partial charge on any atom is 0.265 e. The number of rotatable bonds is 2. The summed E-state index contributed by atoms with van der Waals surface area (Å²) in [6, 6.07) is -0.391. The number of imidazole rings is 1. The second-order valence-electron chi connectivity index (χ2n) is 6.32. The number of likely N-dealkylation sites (tertiary alicyclic amines) is 1. The third kappa shape index (κ3) is 2.63. The van der Waals surface area contributed by atoms with Crippen molar-refractivity contribution >= 4 is 34.2 Å². The van der Waals surface area contributed by atoms with Gasteiger partial charge >= 0.3 is 0 Å². The van der Waals surface area contributed by atoms with E-state index in [0.29, 0.717) is 35.6 Å². The van der Waals surface area contributed by atoms with Gasteiger partial charge in [0, 0.05) is 13.1 Å². The van der Waals surface area contributed by atoms with Crippen molar-refractivity contribution in [2.75, 3.05) is 18.8 Å². The van der Waals surface area contributed by atoms with Gasteiger partial charge in [0.2, 0.25) is 0 Å². The molecule has 3 N–H and O–H groups in total. The van der Waals surface area contributed by atoms with E-state index in [1.54, 1.807) is 34.4 Å². The van der Waals surface area contributed by atoms with E-state index < -0.39 is 11.6 Å². The zero-order valence-corrected chi connectivity index (χ0v) is 14.3. The Morgan fingerprint density at radius 2 is 2.28 bits per heavy atom. The molecule has 1 aliphatic rings. The van der Waals surface area contributed by atoms with Crippen molar-refractivity contribution in [3.05, 3.63) is 29.2 Å². The lowest BCUT2D eigenvalue weighted by Crippen LogP contribution is -2.52. The molecule has 1 fully saturated rings. The Bertz CT molecular complexity index is 921. The van der Waals surface area contributed by atoms with Crippen LogP contribution in [0.2, 0.25) is 0 Å². The largest absolute Gasteiger partial charge is 0.388 e. The molecule has 10 heteroatoms. The molecule has 1 amide bonds. The van der Waals surface area contributed by atoms with E-state index in [2.05, 4.69) is 19.9 Å². The van der Waals surface area contributed by atoms with Crippen LogP contribution in [0.25, 0.3) is 11.2 Å². The number of nitrogens with two attached hydrogens (primary N) is 1. The number of carbonyl (C=O) groups excluding carboxylic acids is 1. The lowest BCUT2D eigenvalue weighted by atomic mass is 9.88. The molecule has 1 aliphatic heterocycles. The van der Waals surface area contributed by atoms with Gasteiger partial charge in [-0.1, -0.05) is 0 Å². The molecule has 130 valence electrons. The molecular weight excluding hydrogens is 342 g/mol. The monoisotopic (exact) mass is 359 g/mol. The molecular formula is C15H17N7O2S. The number of thiazole rings is 1. The van der Waals surface area contributed by atoms with Crippen LogP contribution in [0.1, 0.15) is 29.1 Å². The highest BCUT2D eigenvalue weighted by Crippen LogP contribution is 2.34. The van der Waals surface area contributed by atoms with Gasteiger partial charge in [-0.2, -0.15) is 0 Å². The Balaban J connectivity index is 1.70. The van der Waals surface area contributed by atoms with Crippen molar-refractivity contribution in [1.29, 1.82) is 0 Å². The van der Waals surface area contributed by atoms with Crippen molar-refractivity contribution in [2.24, 2.45) is 0 Å². The van der Waals surface area contributed by atoms with E-state index in [0.717, 1.165) is 0 Å². The number of amides is 1. The van der Waals surface area contributed by atoms with Crippen LogP contribution in [0.15, 0.2) is 24.4 Å². The number of nitrogen functional groups attached to an aromatic ring is 1. The highest BCUT2D eigenvalue weighted by molar-refractivity contribution is 7.11. The van der Waals surface area contributed by atoms with Gasteiger partial charge in [0.1, 0.15) is 16.7 Å². The predicted molar refractivity (Wildman–Crippen MR) is 92.0 cm³/mol. The summed E-state index contributed by atoms with van der Waals surface area (Å²) in [6.07, 6.45) is 4.97. The summed E-state index contributed by atoms with van der Waals surface area (Å²) in [5.41, 5.74) is 7.51. The van der Waals surface area contributed by atoms with Crippen LogP contribution < -0.4 is 5.73 Å². The average Bonchev–Trinajstić information content (AvgIpc) is 3.24. The number of carbonyl (C=O) groups is 1. The summed E-state index contributed by atoms with van der Waals surface area (Å²) in [4.78, 5) is 31.4. The number of piperidine rings is 1. The summed E-state index contributed by atoms with van der Waals surface area (Å²) in [5.74, 6) is 0.207. The number of hydrogen-bond acceptors (Lipinski definition) is 8. The van der Waals surface area contributed by atoms with Gasteiger partial charge in [0.25, 0.3) is 5.91 Å². The molecule has 9 nitrogen and oxygen atoms in total. The molecule has 25 heavy (non-hydrogen) atoms. The fourth-order valence-corrected chi connectivity index (χ4v) is 3.76. The third-order valence-corrected chi connectivity index (χ3v) is 5.41. The maximum atomic E-state index is 12.6. The predicted octanol–water partition coefficient (Wildman–Crippen LogP) is 0.703. The van der Waals surface area contributed by atoms with E-state index >= 15 is 0 Å². The van der Waals surface area contributed by atoms with Gasteiger partial charge in [0.15, 0.2) is 11.5 Å². The first kappa shape index (κ1) is 15.9. The molecule has 4 rings (SSSR count). The Morgan fingerprint density at radius 1 is 1.44 bits per heavy atom. The number of aliphatic hydroxyl groups is 1. The van der Waals surface area contributed by atoms with Gasteiger partial charge in [-0.25, -0.2) is 15.0 Å². The minimum Gasteiger partial charge on any atom is -0.388 e. The van der Waals surface area contributed by atoms with Crippen molar-refractivity contribution in [3.8, 4) is 0 Å². The zero-order chi connectivity index (χ0) is 17.6. The van der Waals surface area contributed by atoms with E-state index in [1.165, 1.54) is 17.7 Å². The van der Waals surface area contributed by atoms with Crippen LogP contribution in [-0.4, -0.2) is 59.1 Å². The standard InChI is InChI=1S/C15H17N7O2S/c1-15(24)2-3-21(14(23)9-4-17-8-25-9)5-10(15)22-7-20-11-12(16)18-6-19-13(11)22/h4,6-8,10,24H,2-3,5H2,1H3,(H2,16,18,19)/t10-,15-/m1/s1. The highest BCUT2D eigenvalue weighted by Gasteiger charge is 2.41. The number of fused-ring (bicyclic) bond motifs is 1. The number of aromatic nitrogens is 5. The van der Waals surface area contributed by atoms with E-state index in [9.17, 15) is 9.90 Å². The minimum absolute atomic E-state index is 0.0819.